The summed E-state index contributed by atoms with van der Waals surface area (Å²) in [6, 6.07) is 3.29. The number of carbonyl (C=O) groups is 2. The van der Waals surface area contributed by atoms with Gasteiger partial charge in [-0.15, -0.1) is 0 Å². The number of amides is 2. The Morgan fingerprint density at radius 2 is 1.95 bits per heavy atom. The molecule has 0 spiro atoms. The zero-order valence-electron chi connectivity index (χ0n) is 12.2. The molecule has 1 fully saturated rings. The fourth-order valence-electron chi connectivity index (χ4n) is 2.23. The molecule has 22 heavy (non-hydrogen) atoms. The van der Waals surface area contributed by atoms with Crippen LogP contribution in [0.1, 0.15) is 25.7 Å². The number of rotatable bonds is 6. The van der Waals surface area contributed by atoms with Crippen molar-refractivity contribution < 1.29 is 19.1 Å². The average Bonchev–Trinajstić information content (AvgIpc) is 3.25. The molecule has 1 heterocycles. The molecule has 1 saturated carbocycles. The highest BCUT2D eigenvalue weighted by Gasteiger charge is 2.29. The Hall–Kier alpha value is -2.44. The molecule has 0 saturated heterocycles. The molecule has 2 amide bonds. The second-order valence-corrected chi connectivity index (χ2v) is 5.51. The van der Waals surface area contributed by atoms with Gasteiger partial charge in [0, 0.05) is 31.0 Å². The minimum atomic E-state index is -0.147. The molecular weight excluding hydrogens is 286 g/mol. The number of hydrogen-bond acceptors (Lipinski definition) is 5. The minimum absolute atomic E-state index is 0.0976. The summed E-state index contributed by atoms with van der Waals surface area (Å²) in [6.07, 6.45) is 2.87. The Balaban J connectivity index is 1.44. The van der Waals surface area contributed by atoms with Crippen LogP contribution < -0.4 is 25.8 Å². The van der Waals surface area contributed by atoms with Crippen LogP contribution in [0, 0.1) is 5.92 Å². The van der Waals surface area contributed by atoms with E-state index in [1.54, 1.807) is 12.1 Å². The number of carbonyl (C=O) groups excluding carboxylic acids is 2. The lowest BCUT2D eigenvalue weighted by Gasteiger charge is -2.09. The Morgan fingerprint density at radius 3 is 2.68 bits per heavy atom. The zero-order chi connectivity index (χ0) is 15.5. The van der Waals surface area contributed by atoms with Gasteiger partial charge in [0.25, 0.3) is 0 Å². The van der Waals surface area contributed by atoms with Crippen LogP contribution in [-0.2, 0) is 9.59 Å². The molecule has 4 N–H and O–H groups in total. The molecule has 7 nitrogen and oxygen atoms in total. The van der Waals surface area contributed by atoms with Gasteiger partial charge in [0.1, 0.15) is 0 Å². The standard InChI is InChI=1S/C15H19N3O4/c16-10-6-12-13(22-8-21-12)7-11(10)18-14(19)2-1-5-17-15(20)9-3-4-9/h6-7,9H,1-5,8,16H2,(H,17,20)(H,18,19). The van der Waals surface area contributed by atoms with Crippen LogP contribution in [0.15, 0.2) is 12.1 Å². The van der Waals surface area contributed by atoms with Crippen LogP contribution in [0.5, 0.6) is 11.5 Å². The number of nitrogens with one attached hydrogen (secondary N) is 2. The van der Waals surface area contributed by atoms with Crippen LogP contribution in [0.4, 0.5) is 11.4 Å². The van der Waals surface area contributed by atoms with Crippen molar-refractivity contribution in [1.82, 2.24) is 5.32 Å². The number of nitrogen functional groups attached to an aromatic ring is 1. The molecule has 1 aromatic carbocycles. The van der Waals surface area contributed by atoms with Gasteiger partial charge in [-0.1, -0.05) is 0 Å². The Kier molecular flexibility index (Phi) is 4.04. The van der Waals surface area contributed by atoms with E-state index < -0.39 is 0 Å². The molecule has 0 unspecified atom stereocenters. The summed E-state index contributed by atoms with van der Waals surface area (Å²) in [7, 11) is 0. The SMILES string of the molecule is Nc1cc2c(cc1NC(=O)CCCNC(=O)C1CC1)OCO2. The Bertz CT molecular complexity index is 599. The maximum atomic E-state index is 11.9. The largest absolute Gasteiger partial charge is 0.454 e. The molecule has 0 aromatic heterocycles. The quantitative estimate of drug-likeness (QED) is 0.542. The van der Waals surface area contributed by atoms with E-state index in [1.807, 2.05) is 0 Å². The van der Waals surface area contributed by atoms with Crippen LogP contribution in [-0.4, -0.2) is 25.2 Å². The van der Waals surface area contributed by atoms with Crippen LogP contribution in [0.25, 0.3) is 0 Å². The maximum Gasteiger partial charge on any atom is 0.231 e. The molecule has 1 aliphatic carbocycles. The summed E-state index contributed by atoms with van der Waals surface area (Å²) in [5.41, 5.74) is 6.81. The molecule has 2 aliphatic rings. The summed E-state index contributed by atoms with van der Waals surface area (Å²) >= 11 is 0. The van der Waals surface area contributed by atoms with Gasteiger partial charge in [-0.2, -0.15) is 0 Å². The highest BCUT2D eigenvalue weighted by atomic mass is 16.7. The highest BCUT2D eigenvalue weighted by molar-refractivity contribution is 5.94. The van der Waals surface area contributed by atoms with E-state index in [-0.39, 0.29) is 24.5 Å². The number of fused-ring (bicyclic) bond motifs is 1. The van der Waals surface area contributed by atoms with E-state index in [0.29, 0.717) is 42.3 Å². The fourth-order valence-corrected chi connectivity index (χ4v) is 2.23. The molecular formula is C15H19N3O4. The van der Waals surface area contributed by atoms with E-state index >= 15 is 0 Å². The van der Waals surface area contributed by atoms with Gasteiger partial charge in [-0.3, -0.25) is 9.59 Å². The van der Waals surface area contributed by atoms with Gasteiger partial charge in [-0.25, -0.2) is 0 Å². The van der Waals surface area contributed by atoms with Crippen molar-refractivity contribution >= 4 is 23.2 Å². The molecule has 118 valence electrons. The van der Waals surface area contributed by atoms with E-state index in [9.17, 15) is 9.59 Å². The lowest BCUT2D eigenvalue weighted by molar-refractivity contribution is -0.122. The molecule has 0 radical (unpaired) electrons. The van der Waals surface area contributed by atoms with Crippen molar-refractivity contribution in [2.75, 3.05) is 24.4 Å². The van der Waals surface area contributed by atoms with Crippen molar-refractivity contribution in [3.05, 3.63) is 12.1 Å². The third-order valence-electron chi connectivity index (χ3n) is 3.65. The second kappa shape index (κ2) is 6.13. The van der Waals surface area contributed by atoms with Gasteiger partial charge in [0.15, 0.2) is 11.5 Å². The minimum Gasteiger partial charge on any atom is -0.454 e. The summed E-state index contributed by atoms with van der Waals surface area (Å²) in [5.74, 6) is 1.30. The first-order chi connectivity index (χ1) is 10.6. The first-order valence-corrected chi connectivity index (χ1v) is 7.40. The number of ether oxygens (including phenoxy) is 2. The zero-order valence-corrected chi connectivity index (χ0v) is 12.2. The summed E-state index contributed by atoms with van der Waals surface area (Å²) in [6.45, 7) is 0.673. The number of benzene rings is 1. The number of hydrogen-bond donors (Lipinski definition) is 3. The topological polar surface area (TPSA) is 103 Å². The number of anilines is 2. The van der Waals surface area contributed by atoms with Gasteiger partial charge in [-0.05, 0) is 19.3 Å². The fraction of sp³-hybridized carbons (Fsp3) is 0.467. The van der Waals surface area contributed by atoms with E-state index in [1.165, 1.54) is 0 Å². The lowest BCUT2D eigenvalue weighted by atomic mass is 10.2. The van der Waals surface area contributed by atoms with Crippen molar-refractivity contribution in [1.29, 1.82) is 0 Å². The average molecular weight is 305 g/mol. The van der Waals surface area contributed by atoms with Gasteiger partial charge in [0.05, 0.1) is 11.4 Å². The van der Waals surface area contributed by atoms with E-state index in [2.05, 4.69) is 10.6 Å². The highest BCUT2D eigenvalue weighted by Crippen LogP contribution is 2.38. The van der Waals surface area contributed by atoms with E-state index in [0.717, 1.165) is 12.8 Å². The van der Waals surface area contributed by atoms with Crippen molar-refractivity contribution in [2.24, 2.45) is 5.92 Å². The smallest absolute Gasteiger partial charge is 0.231 e. The molecule has 1 aliphatic heterocycles. The van der Waals surface area contributed by atoms with E-state index in [4.69, 9.17) is 15.2 Å². The van der Waals surface area contributed by atoms with Gasteiger partial charge >= 0.3 is 0 Å². The molecule has 1 aromatic rings. The molecule has 0 atom stereocenters. The molecule has 3 rings (SSSR count). The maximum absolute atomic E-state index is 11.9. The van der Waals surface area contributed by atoms with Gasteiger partial charge in [0.2, 0.25) is 18.6 Å². The third kappa shape index (κ3) is 3.41. The second-order valence-electron chi connectivity index (χ2n) is 5.51. The monoisotopic (exact) mass is 305 g/mol. The summed E-state index contributed by atoms with van der Waals surface area (Å²) < 4.78 is 10.5. The third-order valence-corrected chi connectivity index (χ3v) is 3.65. The predicted octanol–water partition coefficient (Wildman–Crippen LogP) is 1.24. The Labute approximate surface area is 128 Å². The first kappa shape index (κ1) is 14.5. The molecule has 0 bridgehead atoms. The van der Waals surface area contributed by atoms with Crippen molar-refractivity contribution in [2.45, 2.75) is 25.7 Å². The van der Waals surface area contributed by atoms with Crippen LogP contribution >= 0.6 is 0 Å². The summed E-state index contributed by atoms with van der Waals surface area (Å²) in [5, 5.41) is 5.58. The summed E-state index contributed by atoms with van der Waals surface area (Å²) in [4.78, 5) is 23.3. The predicted molar refractivity (Wildman–Crippen MR) is 80.6 cm³/mol. The van der Waals surface area contributed by atoms with Gasteiger partial charge < -0.3 is 25.8 Å². The lowest BCUT2D eigenvalue weighted by Crippen LogP contribution is -2.26. The number of nitrogens with two attached hydrogens (primary N) is 1. The Morgan fingerprint density at radius 1 is 1.23 bits per heavy atom. The normalized spacial score (nSPS) is 15.5. The van der Waals surface area contributed by atoms with Crippen molar-refractivity contribution in [3.63, 3.8) is 0 Å². The first-order valence-electron chi connectivity index (χ1n) is 7.40. The van der Waals surface area contributed by atoms with Crippen LogP contribution in [0.3, 0.4) is 0 Å². The molecule has 7 heteroatoms. The van der Waals surface area contributed by atoms with Crippen molar-refractivity contribution in [3.8, 4) is 11.5 Å². The van der Waals surface area contributed by atoms with Crippen LogP contribution in [0.2, 0.25) is 0 Å².